The lowest BCUT2D eigenvalue weighted by Gasteiger charge is -2.36. The van der Waals surface area contributed by atoms with Crippen molar-refractivity contribution in [3.05, 3.63) is 52.2 Å². The number of anilines is 1. The number of amides is 1. The molecule has 3 heterocycles. The SMILES string of the molecule is Cc1cnc2n(c1=O)[C@H](CC(=O)N1CCN(c3ccc(F)cc3)CC1)CS2. The predicted molar refractivity (Wildman–Crippen MR) is 103 cm³/mol. The second-order valence-electron chi connectivity index (χ2n) is 6.91. The van der Waals surface area contributed by atoms with Crippen LogP contribution in [0.25, 0.3) is 0 Å². The zero-order valence-electron chi connectivity index (χ0n) is 15.1. The molecule has 6 nitrogen and oxygen atoms in total. The van der Waals surface area contributed by atoms with E-state index in [0.29, 0.717) is 49.1 Å². The molecule has 1 fully saturated rings. The van der Waals surface area contributed by atoms with Gasteiger partial charge >= 0.3 is 0 Å². The van der Waals surface area contributed by atoms with Gasteiger partial charge in [0, 0.05) is 55.8 Å². The van der Waals surface area contributed by atoms with Crippen LogP contribution >= 0.6 is 11.8 Å². The average Bonchev–Trinajstić information content (AvgIpc) is 3.09. The lowest BCUT2D eigenvalue weighted by Crippen LogP contribution is -2.49. The Balaban J connectivity index is 1.38. The van der Waals surface area contributed by atoms with Gasteiger partial charge in [-0.2, -0.15) is 0 Å². The maximum atomic E-state index is 13.1. The molecule has 0 saturated carbocycles. The Labute approximate surface area is 161 Å². The van der Waals surface area contributed by atoms with Crippen LogP contribution in [-0.4, -0.2) is 52.3 Å². The van der Waals surface area contributed by atoms with Crippen molar-refractivity contribution < 1.29 is 9.18 Å². The normalized spacial score (nSPS) is 19.3. The molecule has 142 valence electrons. The maximum Gasteiger partial charge on any atom is 0.257 e. The highest BCUT2D eigenvalue weighted by atomic mass is 32.2. The van der Waals surface area contributed by atoms with Gasteiger partial charge in [-0.3, -0.25) is 14.2 Å². The molecule has 2 aliphatic rings. The van der Waals surface area contributed by atoms with E-state index < -0.39 is 0 Å². The van der Waals surface area contributed by atoms with Crippen molar-refractivity contribution in [2.45, 2.75) is 24.5 Å². The van der Waals surface area contributed by atoms with Crippen LogP contribution < -0.4 is 10.5 Å². The summed E-state index contributed by atoms with van der Waals surface area (Å²) >= 11 is 1.53. The molecule has 0 unspecified atom stereocenters. The number of carbonyl (C=O) groups is 1. The summed E-state index contributed by atoms with van der Waals surface area (Å²) in [5, 5.41) is 0.699. The fourth-order valence-electron chi connectivity index (χ4n) is 3.57. The third-order valence-corrected chi connectivity index (χ3v) is 6.25. The zero-order chi connectivity index (χ0) is 19.0. The second-order valence-corrected chi connectivity index (χ2v) is 7.90. The van der Waals surface area contributed by atoms with Crippen LogP contribution in [0.2, 0.25) is 0 Å². The number of nitrogens with zero attached hydrogens (tertiary/aromatic N) is 4. The number of piperazine rings is 1. The Hall–Kier alpha value is -2.35. The molecule has 0 N–H and O–H groups in total. The summed E-state index contributed by atoms with van der Waals surface area (Å²) in [7, 11) is 0. The van der Waals surface area contributed by atoms with Gasteiger partial charge in [-0.05, 0) is 31.2 Å². The first kappa shape index (κ1) is 18.0. The van der Waals surface area contributed by atoms with E-state index in [2.05, 4.69) is 9.88 Å². The van der Waals surface area contributed by atoms with Gasteiger partial charge in [-0.1, -0.05) is 11.8 Å². The maximum absolute atomic E-state index is 13.1. The van der Waals surface area contributed by atoms with Gasteiger partial charge in [0.15, 0.2) is 5.16 Å². The molecule has 2 aliphatic heterocycles. The highest BCUT2D eigenvalue weighted by molar-refractivity contribution is 7.99. The smallest absolute Gasteiger partial charge is 0.257 e. The molecule has 1 aromatic carbocycles. The van der Waals surface area contributed by atoms with E-state index in [1.54, 1.807) is 29.8 Å². The topological polar surface area (TPSA) is 58.4 Å². The fourth-order valence-corrected chi connectivity index (χ4v) is 4.67. The standard InChI is InChI=1S/C19H21FN4O2S/c1-13-11-21-19-24(18(13)26)16(12-27-19)10-17(25)23-8-6-22(7-9-23)15-4-2-14(20)3-5-15/h2-5,11,16H,6-10,12H2,1H3/t16-/m1/s1. The number of aromatic nitrogens is 2. The number of halogens is 1. The number of rotatable bonds is 3. The molecule has 0 bridgehead atoms. The Morgan fingerprint density at radius 1 is 1.22 bits per heavy atom. The molecule has 2 aromatic rings. The summed E-state index contributed by atoms with van der Waals surface area (Å²) in [6, 6.07) is 6.31. The summed E-state index contributed by atoms with van der Waals surface area (Å²) < 4.78 is 14.7. The Morgan fingerprint density at radius 2 is 1.93 bits per heavy atom. The number of thioether (sulfide) groups is 1. The summed E-state index contributed by atoms with van der Waals surface area (Å²) in [5.74, 6) is 0.523. The third-order valence-electron chi connectivity index (χ3n) is 5.14. The van der Waals surface area contributed by atoms with E-state index in [-0.39, 0.29) is 23.3 Å². The van der Waals surface area contributed by atoms with E-state index in [0.717, 1.165) is 5.69 Å². The fraction of sp³-hybridized carbons (Fsp3) is 0.421. The molecule has 4 rings (SSSR count). The van der Waals surface area contributed by atoms with Gasteiger partial charge < -0.3 is 9.80 Å². The molecular formula is C19H21FN4O2S. The highest BCUT2D eigenvalue weighted by Crippen LogP contribution is 2.32. The van der Waals surface area contributed by atoms with Crippen LogP contribution in [0.3, 0.4) is 0 Å². The largest absolute Gasteiger partial charge is 0.368 e. The van der Waals surface area contributed by atoms with Crippen LogP contribution in [0.15, 0.2) is 40.4 Å². The summed E-state index contributed by atoms with van der Waals surface area (Å²) in [4.78, 5) is 33.5. The predicted octanol–water partition coefficient (Wildman–Crippen LogP) is 2.08. The summed E-state index contributed by atoms with van der Waals surface area (Å²) in [5.41, 5.74) is 1.52. The average molecular weight is 388 g/mol. The van der Waals surface area contributed by atoms with Gasteiger partial charge in [0.25, 0.3) is 5.56 Å². The number of benzene rings is 1. The van der Waals surface area contributed by atoms with E-state index in [1.807, 2.05) is 4.90 Å². The first-order chi connectivity index (χ1) is 13.0. The van der Waals surface area contributed by atoms with Crippen LogP contribution in [0.1, 0.15) is 18.0 Å². The van der Waals surface area contributed by atoms with Crippen molar-refractivity contribution >= 4 is 23.4 Å². The highest BCUT2D eigenvalue weighted by Gasteiger charge is 2.30. The number of hydrogen-bond acceptors (Lipinski definition) is 5. The van der Waals surface area contributed by atoms with E-state index >= 15 is 0 Å². The van der Waals surface area contributed by atoms with Crippen molar-refractivity contribution in [3.8, 4) is 0 Å². The molecule has 0 aliphatic carbocycles. The minimum absolute atomic E-state index is 0.0519. The molecule has 8 heteroatoms. The van der Waals surface area contributed by atoms with Gasteiger partial charge in [0.1, 0.15) is 5.82 Å². The van der Waals surface area contributed by atoms with Gasteiger partial charge in [0.05, 0.1) is 6.04 Å². The third kappa shape index (κ3) is 3.58. The molecule has 1 amide bonds. The molecule has 1 atom stereocenters. The van der Waals surface area contributed by atoms with Crippen molar-refractivity contribution in [2.75, 3.05) is 36.8 Å². The number of aryl methyl sites for hydroxylation is 1. The van der Waals surface area contributed by atoms with Gasteiger partial charge in [-0.15, -0.1) is 0 Å². The minimum Gasteiger partial charge on any atom is -0.368 e. The molecular weight excluding hydrogens is 367 g/mol. The minimum atomic E-state index is -0.248. The first-order valence-corrected chi connectivity index (χ1v) is 10.0. The lowest BCUT2D eigenvalue weighted by atomic mass is 10.1. The second kappa shape index (κ2) is 7.34. The van der Waals surface area contributed by atoms with E-state index in [9.17, 15) is 14.0 Å². The van der Waals surface area contributed by atoms with Crippen molar-refractivity contribution in [1.29, 1.82) is 0 Å². The van der Waals surface area contributed by atoms with E-state index in [1.165, 1.54) is 23.9 Å². The number of carbonyl (C=O) groups excluding carboxylic acids is 1. The van der Waals surface area contributed by atoms with Crippen LogP contribution in [0, 0.1) is 12.7 Å². The van der Waals surface area contributed by atoms with E-state index in [4.69, 9.17) is 0 Å². The van der Waals surface area contributed by atoms with Crippen LogP contribution in [0.4, 0.5) is 10.1 Å². The quantitative estimate of drug-likeness (QED) is 0.754. The molecule has 0 spiro atoms. The summed E-state index contributed by atoms with van der Waals surface area (Å²) in [6.45, 7) is 4.44. The molecule has 0 radical (unpaired) electrons. The Morgan fingerprint density at radius 3 is 2.63 bits per heavy atom. The lowest BCUT2D eigenvalue weighted by molar-refractivity contribution is -0.132. The number of fused-ring (bicyclic) bond motifs is 1. The zero-order valence-corrected chi connectivity index (χ0v) is 15.9. The van der Waals surface area contributed by atoms with Crippen LogP contribution in [-0.2, 0) is 4.79 Å². The van der Waals surface area contributed by atoms with Crippen molar-refractivity contribution in [3.63, 3.8) is 0 Å². The Bertz CT molecular complexity index is 907. The van der Waals surface area contributed by atoms with Crippen LogP contribution in [0.5, 0.6) is 0 Å². The summed E-state index contributed by atoms with van der Waals surface area (Å²) in [6.07, 6.45) is 1.92. The molecule has 1 saturated heterocycles. The molecule has 27 heavy (non-hydrogen) atoms. The van der Waals surface area contributed by atoms with Gasteiger partial charge in [-0.25, -0.2) is 9.37 Å². The Kier molecular flexibility index (Phi) is 4.90. The van der Waals surface area contributed by atoms with Crippen molar-refractivity contribution in [1.82, 2.24) is 14.5 Å². The monoisotopic (exact) mass is 388 g/mol. The molecule has 1 aromatic heterocycles. The van der Waals surface area contributed by atoms with Gasteiger partial charge in [0.2, 0.25) is 5.91 Å². The number of hydrogen-bond donors (Lipinski definition) is 0. The first-order valence-electron chi connectivity index (χ1n) is 9.02. The van der Waals surface area contributed by atoms with Crippen molar-refractivity contribution in [2.24, 2.45) is 0 Å².